The van der Waals surface area contributed by atoms with Crippen LogP contribution in [0.15, 0.2) is 42.5 Å². The Morgan fingerprint density at radius 2 is 1.65 bits per heavy atom. The minimum absolute atomic E-state index is 0.0106. The average molecular weight is 464 g/mol. The van der Waals surface area contributed by atoms with Gasteiger partial charge in [-0.3, -0.25) is 9.59 Å². The molecule has 0 saturated carbocycles. The van der Waals surface area contributed by atoms with Crippen molar-refractivity contribution in [2.24, 2.45) is 5.92 Å². The molecule has 176 valence electrons. The van der Waals surface area contributed by atoms with Crippen LogP contribution in [0.1, 0.15) is 17.8 Å². The topological polar surface area (TPSA) is 87.5 Å². The van der Waals surface area contributed by atoms with E-state index in [1.54, 1.807) is 21.7 Å². The molecule has 2 saturated heterocycles. The summed E-state index contributed by atoms with van der Waals surface area (Å²) in [5.74, 6) is 0.566. The summed E-state index contributed by atoms with van der Waals surface area (Å²) in [5, 5.41) is 13.1. The molecule has 2 fully saturated rings. The van der Waals surface area contributed by atoms with Gasteiger partial charge in [0.05, 0.1) is 11.6 Å². The number of aryl methyl sites for hydroxylation is 2. The van der Waals surface area contributed by atoms with Gasteiger partial charge >= 0.3 is 0 Å². The van der Waals surface area contributed by atoms with E-state index in [0.717, 1.165) is 17.2 Å². The molecule has 4 heterocycles. The molecule has 10 heteroatoms. The van der Waals surface area contributed by atoms with Crippen molar-refractivity contribution in [3.8, 4) is 5.82 Å². The SMILES string of the molecule is Cc1cc(C)n(-c2ccc(N3CCN(C(=O)C4CC(=O)N(c5ccc(F)cc5)C4)CC3)nn2)n1. The summed E-state index contributed by atoms with van der Waals surface area (Å²) < 4.78 is 15.0. The zero-order valence-electron chi connectivity index (χ0n) is 19.2. The zero-order valence-corrected chi connectivity index (χ0v) is 19.2. The molecule has 3 aromatic rings. The molecule has 1 atom stereocenters. The van der Waals surface area contributed by atoms with Gasteiger partial charge in [0.2, 0.25) is 11.8 Å². The normalized spacial score (nSPS) is 18.6. The van der Waals surface area contributed by atoms with E-state index < -0.39 is 0 Å². The Balaban J connectivity index is 1.18. The molecule has 2 aromatic heterocycles. The van der Waals surface area contributed by atoms with Crippen LogP contribution in [0.3, 0.4) is 0 Å². The van der Waals surface area contributed by atoms with Gasteiger partial charge in [0.1, 0.15) is 5.82 Å². The number of amides is 2. The summed E-state index contributed by atoms with van der Waals surface area (Å²) in [6.07, 6.45) is 0.176. The summed E-state index contributed by atoms with van der Waals surface area (Å²) in [6, 6.07) is 11.6. The van der Waals surface area contributed by atoms with Gasteiger partial charge in [-0.15, -0.1) is 10.2 Å². The summed E-state index contributed by atoms with van der Waals surface area (Å²) in [4.78, 5) is 31.1. The van der Waals surface area contributed by atoms with Gasteiger partial charge in [0, 0.05) is 50.5 Å². The first-order valence-electron chi connectivity index (χ1n) is 11.4. The third-order valence-electron chi connectivity index (χ3n) is 6.39. The van der Waals surface area contributed by atoms with Crippen molar-refractivity contribution in [3.05, 3.63) is 59.7 Å². The quantitative estimate of drug-likeness (QED) is 0.589. The average Bonchev–Trinajstić information content (AvgIpc) is 3.40. The van der Waals surface area contributed by atoms with E-state index in [0.29, 0.717) is 44.2 Å². The number of hydrogen-bond acceptors (Lipinski definition) is 6. The lowest BCUT2D eigenvalue weighted by atomic mass is 10.1. The molecule has 1 unspecified atom stereocenters. The van der Waals surface area contributed by atoms with E-state index in [-0.39, 0.29) is 30.0 Å². The number of nitrogens with zero attached hydrogens (tertiary/aromatic N) is 7. The number of anilines is 2. The van der Waals surface area contributed by atoms with Gasteiger partial charge in [-0.2, -0.15) is 5.10 Å². The van der Waals surface area contributed by atoms with E-state index in [2.05, 4.69) is 20.2 Å². The van der Waals surface area contributed by atoms with Crippen molar-refractivity contribution in [2.75, 3.05) is 42.5 Å². The van der Waals surface area contributed by atoms with E-state index in [1.165, 1.54) is 12.1 Å². The first-order valence-corrected chi connectivity index (χ1v) is 11.4. The highest BCUT2D eigenvalue weighted by atomic mass is 19.1. The fourth-order valence-electron chi connectivity index (χ4n) is 4.62. The van der Waals surface area contributed by atoms with Crippen LogP contribution in [-0.2, 0) is 9.59 Å². The number of piperazine rings is 1. The van der Waals surface area contributed by atoms with Crippen molar-refractivity contribution < 1.29 is 14.0 Å². The Morgan fingerprint density at radius 1 is 0.971 bits per heavy atom. The lowest BCUT2D eigenvalue weighted by molar-refractivity contribution is -0.136. The second-order valence-electron chi connectivity index (χ2n) is 8.78. The standard InChI is InChI=1S/C24H26FN7O2/c1-16-13-17(2)32(28-16)22-8-7-21(26-27-22)29-9-11-30(12-10-29)24(34)18-14-23(33)31(15-18)20-5-3-19(25)4-6-20/h3-8,13,18H,9-12,14-15H2,1-2H3. The molecule has 34 heavy (non-hydrogen) atoms. The maximum absolute atomic E-state index is 13.2. The van der Waals surface area contributed by atoms with E-state index in [9.17, 15) is 14.0 Å². The van der Waals surface area contributed by atoms with Gasteiger partial charge in [0.15, 0.2) is 11.6 Å². The smallest absolute Gasteiger partial charge is 0.228 e. The van der Waals surface area contributed by atoms with Crippen molar-refractivity contribution in [1.82, 2.24) is 24.9 Å². The number of hydrogen-bond donors (Lipinski definition) is 0. The highest BCUT2D eigenvalue weighted by molar-refractivity contribution is 6.00. The second-order valence-corrected chi connectivity index (χ2v) is 8.78. The molecule has 2 aliphatic rings. The van der Waals surface area contributed by atoms with Crippen molar-refractivity contribution >= 4 is 23.3 Å². The fourth-order valence-corrected chi connectivity index (χ4v) is 4.62. The molecule has 5 rings (SSSR count). The lowest BCUT2D eigenvalue weighted by Crippen LogP contribution is -2.51. The molecule has 2 aliphatic heterocycles. The number of rotatable bonds is 4. The first kappa shape index (κ1) is 22.0. The molecular formula is C24H26FN7O2. The number of aromatic nitrogens is 4. The monoisotopic (exact) mass is 463 g/mol. The Labute approximate surface area is 196 Å². The number of carbonyl (C=O) groups is 2. The van der Waals surface area contributed by atoms with Gasteiger partial charge in [-0.05, 0) is 56.3 Å². The van der Waals surface area contributed by atoms with Gasteiger partial charge < -0.3 is 14.7 Å². The zero-order chi connectivity index (χ0) is 23.8. The van der Waals surface area contributed by atoms with Crippen molar-refractivity contribution in [1.29, 1.82) is 0 Å². The minimum Gasteiger partial charge on any atom is -0.352 e. The van der Waals surface area contributed by atoms with E-state index in [1.807, 2.05) is 36.9 Å². The van der Waals surface area contributed by atoms with Crippen LogP contribution in [-0.4, -0.2) is 69.4 Å². The van der Waals surface area contributed by atoms with Crippen LogP contribution in [0.5, 0.6) is 0 Å². The molecule has 1 aromatic carbocycles. The third kappa shape index (κ3) is 4.23. The highest BCUT2D eigenvalue weighted by Gasteiger charge is 2.38. The van der Waals surface area contributed by atoms with Gasteiger partial charge in [-0.25, -0.2) is 9.07 Å². The molecular weight excluding hydrogens is 437 g/mol. The molecule has 0 aliphatic carbocycles. The minimum atomic E-state index is -0.385. The Hall–Kier alpha value is -3.82. The Bertz CT molecular complexity index is 1200. The number of carbonyl (C=O) groups excluding carboxylic acids is 2. The molecule has 9 nitrogen and oxygen atoms in total. The molecule has 0 bridgehead atoms. The Morgan fingerprint density at radius 3 is 2.26 bits per heavy atom. The van der Waals surface area contributed by atoms with Crippen LogP contribution < -0.4 is 9.80 Å². The highest BCUT2D eigenvalue weighted by Crippen LogP contribution is 2.27. The van der Waals surface area contributed by atoms with Crippen molar-refractivity contribution in [2.45, 2.75) is 20.3 Å². The third-order valence-corrected chi connectivity index (χ3v) is 6.39. The van der Waals surface area contributed by atoms with Gasteiger partial charge in [0.25, 0.3) is 0 Å². The van der Waals surface area contributed by atoms with Crippen molar-refractivity contribution in [3.63, 3.8) is 0 Å². The molecule has 0 spiro atoms. The van der Waals surface area contributed by atoms with Gasteiger partial charge in [-0.1, -0.05) is 0 Å². The maximum Gasteiger partial charge on any atom is 0.228 e. The van der Waals surface area contributed by atoms with Crippen LogP contribution in [0.2, 0.25) is 0 Å². The molecule has 0 radical (unpaired) electrons. The lowest BCUT2D eigenvalue weighted by Gasteiger charge is -2.36. The van der Waals surface area contributed by atoms with E-state index >= 15 is 0 Å². The van der Waals surface area contributed by atoms with Crippen LogP contribution in [0, 0.1) is 25.6 Å². The predicted molar refractivity (Wildman–Crippen MR) is 124 cm³/mol. The van der Waals surface area contributed by atoms with E-state index in [4.69, 9.17) is 0 Å². The summed E-state index contributed by atoms with van der Waals surface area (Å²) >= 11 is 0. The predicted octanol–water partition coefficient (Wildman–Crippen LogP) is 2.12. The van der Waals surface area contributed by atoms with Crippen LogP contribution in [0.4, 0.5) is 15.9 Å². The summed E-state index contributed by atoms with van der Waals surface area (Å²) in [6.45, 7) is 6.63. The molecule has 0 N–H and O–H groups in total. The van der Waals surface area contributed by atoms with Crippen LogP contribution >= 0.6 is 0 Å². The summed E-state index contributed by atoms with van der Waals surface area (Å²) in [7, 11) is 0. The largest absolute Gasteiger partial charge is 0.352 e. The number of benzene rings is 1. The fraction of sp³-hybridized carbons (Fsp3) is 0.375. The summed E-state index contributed by atoms with van der Waals surface area (Å²) in [5.41, 5.74) is 2.54. The number of halogens is 1. The second kappa shape index (κ2) is 8.85. The first-order chi connectivity index (χ1) is 16.4. The maximum atomic E-state index is 13.2. The van der Waals surface area contributed by atoms with Crippen LogP contribution in [0.25, 0.3) is 5.82 Å². The Kier molecular flexibility index (Phi) is 5.72. The molecule has 2 amide bonds.